The minimum absolute atomic E-state index is 0.314. The minimum Gasteiger partial charge on any atom is -0.493 e. The number of carbonyl (C=O) groups is 1. The lowest BCUT2D eigenvalue weighted by atomic mass is 9.99. The van der Waals surface area contributed by atoms with Crippen molar-refractivity contribution in [2.75, 3.05) is 19.0 Å². The highest BCUT2D eigenvalue weighted by Gasteiger charge is 2.56. The van der Waals surface area contributed by atoms with E-state index in [1.165, 1.54) is 17.8 Å². The Labute approximate surface area is 254 Å². The third-order valence-electron chi connectivity index (χ3n) is 7.74. The SMILES string of the molecule is CCC[C@@H](NC(=O)C1(C)CSC(/C(C)=N/O[C@H]2O[C@H](CO)[C@@H](O)[C@@H]3OC(C)(C)OC23)=N1)c1cc(OCC2CC2)cc(=O)o1. The van der Waals surface area contributed by atoms with Crippen molar-refractivity contribution in [3.05, 3.63) is 28.3 Å². The van der Waals surface area contributed by atoms with Gasteiger partial charge < -0.3 is 43.7 Å². The zero-order valence-corrected chi connectivity index (χ0v) is 25.9. The van der Waals surface area contributed by atoms with E-state index in [1.807, 2.05) is 6.92 Å². The molecule has 1 aliphatic carbocycles. The second kappa shape index (κ2) is 12.9. The molecule has 1 amide bonds. The maximum absolute atomic E-state index is 13.5. The highest BCUT2D eigenvalue weighted by atomic mass is 32.2. The van der Waals surface area contributed by atoms with Crippen LogP contribution in [0.3, 0.4) is 0 Å². The fourth-order valence-corrected chi connectivity index (χ4v) is 6.28. The van der Waals surface area contributed by atoms with Crippen LogP contribution in [0.4, 0.5) is 0 Å². The maximum atomic E-state index is 13.5. The van der Waals surface area contributed by atoms with E-state index in [-0.39, 0.29) is 5.91 Å². The molecule has 3 fully saturated rings. The second-order valence-electron chi connectivity index (χ2n) is 12.1. The number of hydrogen-bond donors (Lipinski definition) is 3. The average Bonchev–Trinajstić information content (AvgIpc) is 3.61. The molecule has 13 nitrogen and oxygen atoms in total. The van der Waals surface area contributed by atoms with E-state index < -0.39 is 60.3 Å². The van der Waals surface area contributed by atoms with Crippen molar-refractivity contribution >= 4 is 28.4 Å². The zero-order chi connectivity index (χ0) is 30.9. The van der Waals surface area contributed by atoms with Crippen molar-refractivity contribution in [3.8, 4) is 5.75 Å². The summed E-state index contributed by atoms with van der Waals surface area (Å²) in [6, 6.07) is 2.47. The summed E-state index contributed by atoms with van der Waals surface area (Å²) in [6.07, 6.45) is -1.05. The summed E-state index contributed by atoms with van der Waals surface area (Å²) in [4.78, 5) is 36.1. The van der Waals surface area contributed by atoms with E-state index in [0.717, 1.165) is 19.3 Å². The summed E-state index contributed by atoms with van der Waals surface area (Å²) in [5, 5.41) is 27.9. The number of nitrogens with one attached hydrogen (secondary N) is 1. The number of amides is 1. The Morgan fingerprint density at radius 2 is 2.00 bits per heavy atom. The molecule has 0 bridgehead atoms. The minimum atomic E-state index is -1.10. The number of ether oxygens (including phenoxy) is 4. The van der Waals surface area contributed by atoms with E-state index in [0.29, 0.717) is 47.0 Å². The number of hydrogen-bond acceptors (Lipinski definition) is 13. The van der Waals surface area contributed by atoms with Crippen LogP contribution in [0.15, 0.2) is 31.5 Å². The topological polar surface area (TPSA) is 171 Å². The fraction of sp³-hybridized carbons (Fsp3) is 0.724. The number of thioether (sulfide) groups is 1. The molecule has 3 N–H and O–H groups in total. The van der Waals surface area contributed by atoms with Gasteiger partial charge in [0.15, 0.2) is 11.9 Å². The lowest BCUT2D eigenvalue weighted by Gasteiger charge is -2.37. The van der Waals surface area contributed by atoms with E-state index >= 15 is 0 Å². The molecule has 0 aromatic carbocycles. The predicted molar refractivity (Wildman–Crippen MR) is 157 cm³/mol. The Morgan fingerprint density at radius 1 is 1.26 bits per heavy atom. The number of aliphatic imine (C=N–C) groups is 1. The molecule has 43 heavy (non-hydrogen) atoms. The van der Waals surface area contributed by atoms with Gasteiger partial charge in [0, 0.05) is 11.8 Å². The molecule has 0 radical (unpaired) electrons. The molecule has 7 atom stereocenters. The Kier molecular flexibility index (Phi) is 9.54. The number of aliphatic hydroxyl groups excluding tert-OH is 2. The van der Waals surface area contributed by atoms with Gasteiger partial charge in [-0.05, 0) is 52.9 Å². The first-order valence-corrected chi connectivity index (χ1v) is 15.7. The van der Waals surface area contributed by atoms with Crippen molar-refractivity contribution in [1.29, 1.82) is 0 Å². The third kappa shape index (κ3) is 7.43. The maximum Gasteiger partial charge on any atom is 0.339 e. The molecule has 1 aromatic rings. The molecule has 4 aliphatic rings. The quantitative estimate of drug-likeness (QED) is 0.231. The number of aliphatic hydroxyl groups is 2. The summed E-state index contributed by atoms with van der Waals surface area (Å²) in [6.45, 7) is 8.97. The number of carbonyl (C=O) groups excluding carboxylic acids is 1. The number of fused-ring (bicyclic) bond motifs is 1. The van der Waals surface area contributed by atoms with Crippen molar-refractivity contribution in [1.82, 2.24) is 5.32 Å². The smallest absolute Gasteiger partial charge is 0.339 e. The van der Waals surface area contributed by atoms with Gasteiger partial charge in [-0.15, -0.1) is 11.8 Å². The van der Waals surface area contributed by atoms with Crippen LogP contribution in [0.2, 0.25) is 0 Å². The predicted octanol–water partition coefficient (Wildman–Crippen LogP) is 2.28. The van der Waals surface area contributed by atoms with E-state index in [9.17, 15) is 19.8 Å². The molecule has 3 aliphatic heterocycles. The van der Waals surface area contributed by atoms with Crippen LogP contribution >= 0.6 is 11.8 Å². The third-order valence-corrected chi connectivity index (χ3v) is 9.11. The molecule has 5 rings (SSSR count). The standard InChI is InChI=1S/C29H41N3O10S/c1-6-7-18(19-10-17(11-21(34)38-19)37-13-16-8-9-16)30-27(36)29(5)14-43-25(31-29)15(2)32-42-26-24-23(40-28(3,4)41-24)22(35)20(12-33)39-26/h10-11,16,18,20,22-24,26,33,35H,6-9,12-14H2,1-5H3,(H,30,36)/b32-15+/t18-,20-,22-,23+,24?,26-,29?/m1/s1. The highest BCUT2D eigenvalue weighted by molar-refractivity contribution is 8.16. The average molecular weight is 624 g/mol. The van der Waals surface area contributed by atoms with Gasteiger partial charge in [-0.3, -0.25) is 9.79 Å². The zero-order valence-electron chi connectivity index (χ0n) is 25.1. The molecule has 238 valence electrons. The van der Waals surface area contributed by atoms with Gasteiger partial charge in [-0.1, -0.05) is 18.5 Å². The van der Waals surface area contributed by atoms with Gasteiger partial charge in [-0.25, -0.2) is 4.79 Å². The van der Waals surface area contributed by atoms with E-state index in [4.69, 9.17) is 28.2 Å². The molecule has 4 heterocycles. The van der Waals surface area contributed by atoms with Gasteiger partial charge in [0.1, 0.15) is 46.1 Å². The van der Waals surface area contributed by atoms with Crippen LogP contribution in [0, 0.1) is 5.92 Å². The van der Waals surface area contributed by atoms with Crippen LogP contribution in [0.25, 0.3) is 0 Å². The Balaban J connectivity index is 1.26. The van der Waals surface area contributed by atoms with Crippen molar-refractivity contribution in [2.45, 2.75) is 108 Å². The van der Waals surface area contributed by atoms with Crippen LogP contribution in [0.1, 0.15) is 72.1 Å². The number of rotatable bonds is 12. The van der Waals surface area contributed by atoms with Crippen LogP contribution < -0.4 is 15.7 Å². The number of nitrogens with zero attached hydrogens (tertiary/aromatic N) is 2. The van der Waals surface area contributed by atoms with Crippen LogP contribution in [-0.2, 0) is 23.8 Å². The summed E-state index contributed by atoms with van der Waals surface area (Å²) in [7, 11) is 0. The lowest BCUT2D eigenvalue weighted by Crippen LogP contribution is -2.57. The molecule has 2 saturated heterocycles. The Hall–Kier alpha value is -2.49. The normalized spacial score (nSPS) is 32.6. The van der Waals surface area contributed by atoms with E-state index in [1.54, 1.807) is 33.8 Å². The second-order valence-corrected chi connectivity index (χ2v) is 13.1. The Morgan fingerprint density at radius 3 is 2.70 bits per heavy atom. The molecular formula is C29H41N3O10S. The van der Waals surface area contributed by atoms with Crippen LogP contribution in [0.5, 0.6) is 5.75 Å². The first kappa shape index (κ1) is 31.9. The molecular weight excluding hydrogens is 582 g/mol. The first-order valence-electron chi connectivity index (χ1n) is 14.7. The molecule has 0 spiro atoms. The molecule has 1 aromatic heterocycles. The molecule has 14 heteroatoms. The van der Waals surface area contributed by atoms with Gasteiger partial charge >= 0.3 is 5.63 Å². The van der Waals surface area contributed by atoms with E-state index in [2.05, 4.69) is 15.5 Å². The van der Waals surface area contributed by atoms with Crippen molar-refractivity contribution in [3.63, 3.8) is 0 Å². The lowest BCUT2D eigenvalue weighted by molar-refractivity contribution is -0.280. The fourth-order valence-electron chi connectivity index (χ4n) is 5.15. The Bertz CT molecular complexity index is 1300. The van der Waals surface area contributed by atoms with Gasteiger partial charge in [0.05, 0.1) is 25.3 Å². The van der Waals surface area contributed by atoms with Gasteiger partial charge in [0.25, 0.3) is 6.29 Å². The summed E-state index contributed by atoms with van der Waals surface area (Å²) < 4.78 is 28.7. The van der Waals surface area contributed by atoms with Crippen molar-refractivity contribution in [2.24, 2.45) is 16.1 Å². The summed E-state index contributed by atoms with van der Waals surface area (Å²) in [5.41, 5.74) is -1.21. The number of oxime groups is 1. The summed E-state index contributed by atoms with van der Waals surface area (Å²) in [5.74, 6) is 0.384. The highest BCUT2D eigenvalue weighted by Crippen LogP contribution is 2.38. The van der Waals surface area contributed by atoms with Crippen LogP contribution in [-0.4, -0.2) is 87.9 Å². The largest absolute Gasteiger partial charge is 0.493 e. The first-order chi connectivity index (χ1) is 20.4. The monoisotopic (exact) mass is 623 g/mol. The van der Waals surface area contributed by atoms with Gasteiger partial charge in [0.2, 0.25) is 5.91 Å². The molecule has 2 unspecified atom stereocenters. The summed E-state index contributed by atoms with van der Waals surface area (Å²) >= 11 is 1.36. The van der Waals surface area contributed by atoms with Crippen molar-refractivity contribution < 1.29 is 43.2 Å². The molecule has 1 saturated carbocycles. The van der Waals surface area contributed by atoms with Gasteiger partial charge in [-0.2, -0.15) is 0 Å².